The van der Waals surface area contributed by atoms with E-state index in [1.165, 1.54) is 11.3 Å². The van der Waals surface area contributed by atoms with Crippen molar-refractivity contribution in [2.24, 2.45) is 0 Å². The molecule has 0 aliphatic carbocycles. The molecule has 5 nitrogen and oxygen atoms in total. The van der Waals surface area contributed by atoms with Crippen LogP contribution in [-0.4, -0.2) is 15.6 Å². The normalized spacial score (nSPS) is 12.2. The van der Waals surface area contributed by atoms with Crippen LogP contribution < -0.4 is 11.0 Å². The molecule has 0 fully saturated rings. The Bertz CT molecular complexity index is 568. The minimum atomic E-state index is -0.271. The summed E-state index contributed by atoms with van der Waals surface area (Å²) in [6, 6.07) is 1.84. The summed E-state index contributed by atoms with van der Waals surface area (Å²) < 4.78 is 0.658. The number of H-pyrrole nitrogens is 1. The van der Waals surface area contributed by atoms with Crippen LogP contribution in [0.4, 0.5) is 0 Å². The van der Waals surface area contributed by atoms with Crippen molar-refractivity contribution >= 4 is 21.6 Å². The lowest BCUT2D eigenvalue weighted by Gasteiger charge is -2.18. The summed E-state index contributed by atoms with van der Waals surface area (Å²) in [5, 5.41) is 1.86. The average Bonchev–Trinajstić information content (AvgIpc) is 2.64. The monoisotopic (exact) mass is 253 g/mol. The zero-order valence-corrected chi connectivity index (χ0v) is 10.9. The van der Waals surface area contributed by atoms with Gasteiger partial charge in [0.05, 0.1) is 17.7 Å². The van der Waals surface area contributed by atoms with E-state index in [1.54, 1.807) is 0 Å². The number of thiophene rings is 1. The standard InChI is InChI=1S/C11H15N3O2S/c1-11(2,3)16-12-6-8-13-7-4-5-17-9(7)10(15)14-8/h4-5,12H,6H2,1-3H3,(H,13,14,15). The van der Waals surface area contributed by atoms with E-state index in [0.29, 0.717) is 17.1 Å². The lowest BCUT2D eigenvalue weighted by Crippen LogP contribution is -2.29. The zero-order valence-electron chi connectivity index (χ0n) is 10.0. The summed E-state index contributed by atoms with van der Waals surface area (Å²) in [4.78, 5) is 24.1. The fourth-order valence-corrected chi connectivity index (χ4v) is 2.05. The van der Waals surface area contributed by atoms with E-state index in [2.05, 4.69) is 15.4 Å². The van der Waals surface area contributed by atoms with Crippen LogP contribution in [0.3, 0.4) is 0 Å². The number of hydroxylamine groups is 1. The van der Waals surface area contributed by atoms with E-state index in [9.17, 15) is 4.79 Å². The predicted molar refractivity (Wildman–Crippen MR) is 67.9 cm³/mol. The number of rotatable bonds is 3. The predicted octanol–water partition coefficient (Wildman–Crippen LogP) is 1.80. The number of aromatic nitrogens is 2. The topological polar surface area (TPSA) is 67.0 Å². The first-order chi connectivity index (χ1) is 7.96. The number of aromatic amines is 1. The fraction of sp³-hybridized carbons (Fsp3) is 0.455. The molecule has 0 aromatic carbocycles. The van der Waals surface area contributed by atoms with Crippen LogP contribution in [0.2, 0.25) is 0 Å². The highest BCUT2D eigenvalue weighted by atomic mass is 32.1. The van der Waals surface area contributed by atoms with Gasteiger partial charge in [0.15, 0.2) is 0 Å². The third-order valence-corrected chi connectivity index (χ3v) is 2.88. The van der Waals surface area contributed by atoms with E-state index in [4.69, 9.17) is 4.84 Å². The Labute approximate surface area is 103 Å². The summed E-state index contributed by atoms with van der Waals surface area (Å²) in [7, 11) is 0. The van der Waals surface area contributed by atoms with Crippen molar-refractivity contribution in [1.82, 2.24) is 15.4 Å². The van der Waals surface area contributed by atoms with Crippen LogP contribution in [0.5, 0.6) is 0 Å². The van der Waals surface area contributed by atoms with Crippen LogP contribution >= 0.6 is 11.3 Å². The van der Waals surface area contributed by atoms with Crippen molar-refractivity contribution in [1.29, 1.82) is 0 Å². The first-order valence-electron chi connectivity index (χ1n) is 5.33. The summed E-state index contributed by atoms with van der Waals surface area (Å²) >= 11 is 1.39. The van der Waals surface area contributed by atoms with Crippen molar-refractivity contribution in [3.05, 3.63) is 27.6 Å². The second kappa shape index (κ2) is 4.56. The third-order valence-electron chi connectivity index (χ3n) is 1.98. The molecule has 0 bridgehead atoms. The van der Waals surface area contributed by atoms with Gasteiger partial charge in [0.2, 0.25) is 0 Å². The molecule has 92 valence electrons. The molecular formula is C11H15N3O2S. The summed E-state index contributed by atoms with van der Waals surface area (Å²) in [6.45, 7) is 6.20. The number of hydrogen-bond donors (Lipinski definition) is 2. The zero-order chi connectivity index (χ0) is 12.5. The summed E-state index contributed by atoms with van der Waals surface area (Å²) in [5.74, 6) is 0.574. The van der Waals surface area contributed by atoms with E-state index in [1.807, 2.05) is 32.2 Å². The van der Waals surface area contributed by atoms with Gasteiger partial charge >= 0.3 is 0 Å². The Hall–Kier alpha value is -1.24. The molecule has 17 heavy (non-hydrogen) atoms. The van der Waals surface area contributed by atoms with Crippen molar-refractivity contribution < 1.29 is 4.84 Å². The van der Waals surface area contributed by atoms with Gasteiger partial charge in [0.1, 0.15) is 10.5 Å². The van der Waals surface area contributed by atoms with E-state index >= 15 is 0 Å². The Morgan fingerprint density at radius 1 is 1.53 bits per heavy atom. The quantitative estimate of drug-likeness (QED) is 0.819. The first kappa shape index (κ1) is 12.2. The van der Waals surface area contributed by atoms with Crippen LogP contribution in [0, 0.1) is 0 Å². The molecule has 0 atom stereocenters. The van der Waals surface area contributed by atoms with Gasteiger partial charge in [-0.2, -0.15) is 5.48 Å². The molecule has 2 heterocycles. The molecule has 0 amide bonds. The molecule has 0 spiro atoms. The van der Waals surface area contributed by atoms with Crippen LogP contribution in [0.15, 0.2) is 16.2 Å². The van der Waals surface area contributed by atoms with Crippen molar-refractivity contribution in [3.8, 4) is 0 Å². The van der Waals surface area contributed by atoms with Gasteiger partial charge in [-0.3, -0.25) is 9.63 Å². The maximum Gasteiger partial charge on any atom is 0.268 e. The summed E-state index contributed by atoms with van der Waals surface area (Å²) in [5.41, 5.74) is 3.15. The SMILES string of the molecule is CC(C)(C)ONCc1nc2ccsc2c(=O)[nH]1. The molecule has 0 radical (unpaired) electrons. The number of nitrogens with one attached hydrogen (secondary N) is 2. The molecule has 0 saturated carbocycles. The molecule has 0 aliphatic heterocycles. The number of hydrogen-bond acceptors (Lipinski definition) is 5. The van der Waals surface area contributed by atoms with Gasteiger partial charge in [0, 0.05) is 0 Å². The molecule has 0 saturated heterocycles. The van der Waals surface area contributed by atoms with Crippen molar-refractivity contribution in [2.45, 2.75) is 32.9 Å². The Morgan fingerprint density at radius 3 is 3.00 bits per heavy atom. The van der Waals surface area contributed by atoms with Gasteiger partial charge in [-0.25, -0.2) is 4.98 Å². The molecular weight excluding hydrogens is 238 g/mol. The Balaban J connectivity index is 2.11. The Morgan fingerprint density at radius 2 is 2.29 bits per heavy atom. The molecule has 2 rings (SSSR count). The van der Waals surface area contributed by atoms with E-state index in [0.717, 1.165) is 5.52 Å². The fourth-order valence-electron chi connectivity index (χ4n) is 1.33. The maximum absolute atomic E-state index is 11.7. The van der Waals surface area contributed by atoms with Gasteiger partial charge in [0.25, 0.3) is 5.56 Å². The second-order valence-electron chi connectivity index (χ2n) is 4.68. The molecule has 6 heteroatoms. The lowest BCUT2D eigenvalue weighted by molar-refractivity contribution is -0.0765. The largest absolute Gasteiger partial charge is 0.308 e. The minimum Gasteiger partial charge on any atom is -0.308 e. The summed E-state index contributed by atoms with van der Waals surface area (Å²) in [6.07, 6.45) is 0. The van der Waals surface area contributed by atoms with Gasteiger partial charge in [-0.1, -0.05) is 0 Å². The molecule has 0 aliphatic rings. The number of nitrogens with zero attached hydrogens (tertiary/aromatic N) is 1. The maximum atomic E-state index is 11.7. The Kier molecular flexibility index (Phi) is 3.28. The highest BCUT2D eigenvalue weighted by Crippen LogP contribution is 2.13. The van der Waals surface area contributed by atoms with Gasteiger partial charge < -0.3 is 4.98 Å². The highest BCUT2D eigenvalue weighted by Gasteiger charge is 2.10. The second-order valence-corrected chi connectivity index (χ2v) is 5.60. The van der Waals surface area contributed by atoms with Gasteiger partial charge in [-0.05, 0) is 32.2 Å². The molecule has 0 unspecified atom stereocenters. The van der Waals surface area contributed by atoms with E-state index in [-0.39, 0.29) is 11.2 Å². The number of fused-ring (bicyclic) bond motifs is 1. The van der Waals surface area contributed by atoms with E-state index < -0.39 is 0 Å². The minimum absolute atomic E-state index is 0.0995. The van der Waals surface area contributed by atoms with Crippen molar-refractivity contribution in [3.63, 3.8) is 0 Å². The lowest BCUT2D eigenvalue weighted by atomic mass is 10.2. The molecule has 2 N–H and O–H groups in total. The highest BCUT2D eigenvalue weighted by molar-refractivity contribution is 7.17. The van der Waals surface area contributed by atoms with Crippen LogP contribution in [-0.2, 0) is 11.4 Å². The van der Waals surface area contributed by atoms with Gasteiger partial charge in [-0.15, -0.1) is 11.3 Å². The third kappa shape index (κ3) is 3.12. The smallest absolute Gasteiger partial charge is 0.268 e. The van der Waals surface area contributed by atoms with Crippen LogP contribution in [0.1, 0.15) is 26.6 Å². The van der Waals surface area contributed by atoms with Crippen molar-refractivity contribution in [2.75, 3.05) is 0 Å². The molecule has 2 aromatic rings. The van der Waals surface area contributed by atoms with Crippen LogP contribution in [0.25, 0.3) is 10.2 Å². The first-order valence-corrected chi connectivity index (χ1v) is 6.21. The molecule has 2 aromatic heterocycles. The average molecular weight is 253 g/mol.